The Hall–Kier alpha value is -1.37. The molecule has 15 heavy (non-hydrogen) atoms. The lowest BCUT2D eigenvalue weighted by molar-refractivity contribution is 1.16. The van der Waals surface area contributed by atoms with Gasteiger partial charge in [0, 0.05) is 11.1 Å². The van der Waals surface area contributed by atoms with Gasteiger partial charge in [-0.1, -0.05) is 6.07 Å². The van der Waals surface area contributed by atoms with Gasteiger partial charge in [-0.05, 0) is 62.9 Å². The van der Waals surface area contributed by atoms with Crippen molar-refractivity contribution in [3.05, 3.63) is 40.1 Å². The van der Waals surface area contributed by atoms with Gasteiger partial charge in [-0.3, -0.25) is 4.98 Å². The normalized spacial score (nSPS) is 11.0. The molecule has 1 aromatic carbocycles. The van der Waals surface area contributed by atoms with Gasteiger partial charge in [0.05, 0.1) is 5.52 Å². The van der Waals surface area contributed by atoms with Crippen LogP contribution in [0.25, 0.3) is 10.9 Å². The van der Waals surface area contributed by atoms with E-state index in [0.717, 1.165) is 11.2 Å². The van der Waals surface area contributed by atoms with Gasteiger partial charge in [0.25, 0.3) is 0 Å². The van der Waals surface area contributed by atoms with Gasteiger partial charge < -0.3 is 0 Å². The highest BCUT2D eigenvalue weighted by Crippen LogP contribution is 2.26. The second-order valence-corrected chi connectivity index (χ2v) is 4.35. The molecule has 0 spiro atoms. The number of hydrogen-bond acceptors (Lipinski definition) is 1. The van der Waals surface area contributed by atoms with Gasteiger partial charge in [-0.15, -0.1) is 0 Å². The highest BCUT2D eigenvalue weighted by molar-refractivity contribution is 5.87. The number of aryl methyl sites for hydroxylation is 4. The zero-order valence-electron chi connectivity index (χ0n) is 10.1. The summed E-state index contributed by atoms with van der Waals surface area (Å²) in [5, 5.41) is 1.33. The second-order valence-electron chi connectivity index (χ2n) is 4.35. The molecular weight excluding hydrogens is 182 g/mol. The maximum absolute atomic E-state index is 4.64. The van der Waals surface area contributed by atoms with Crippen LogP contribution in [0.4, 0.5) is 0 Å². The molecule has 0 aliphatic carbocycles. The lowest BCUT2D eigenvalue weighted by atomic mass is 9.97. The smallest absolute Gasteiger partial charge is 0.0710 e. The number of hydrogen-bond donors (Lipinski definition) is 0. The van der Waals surface area contributed by atoms with Gasteiger partial charge in [-0.25, -0.2) is 0 Å². The number of fused-ring (bicyclic) bond motifs is 1. The SMILES string of the molecule is Cc1ccc2nc(C)c(C)c(C)c2c1C. The lowest BCUT2D eigenvalue weighted by Crippen LogP contribution is -1.96. The van der Waals surface area contributed by atoms with Crippen molar-refractivity contribution in [3.63, 3.8) is 0 Å². The fourth-order valence-electron chi connectivity index (χ4n) is 2.09. The third-order valence-electron chi connectivity index (χ3n) is 3.48. The summed E-state index contributed by atoms with van der Waals surface area (Å²) in [6, 6.07) is 4.27. The topological polar surface area (TPSA) is 12.9 Å². The van der Waals surface area contributed by atoms with Crippen LogP contribution in [0.2, 0.25) is 0 Å². The molecule has 0 aliphatic heterocycles. The minimum absolute atomic E-state index is 1.12. The van der Waals surface area contributed by atoms with Crippen molar-refractivity contribution in [2.75, 3.05) is 0 Å². The molecule has 0 amide bonds. The first-order chi connectivity index (χ1) is 7.02. The van der Waals surface area contributed by atoms with Crippen LogP contribution in [0.1, 0.15) is 27.9 Å². The molecule has 2 aromatic rings. The first-order valence-corrected chi connectivity index (χ1v) is 5.36. The van der Waals surface area contributed by atoms with Crippen LogP contribution in [0.5, 0.6) is 0 Å². The van der Waals surface area contributed by atoms with E-state index in [9.17, 15) is 0 Å². The Morgan fingerprint density at radius 1 is 0.800 bits per heavy atom. The minimum Gasteiger partial charge on any atom is -0.253 e. The van der Waals surface area contributed by atoms with Gasteiger partial charge in [0.15, 0.2) is 0 Å². The Balaban J connectivity index is 3.00. The van der Waals surface area contributed by atoms with Gasteiger partial charge in [0.1, 0.15) is 0 Å². The van der Waals surface area contributed by atoms with E-state index in [1.807, 2.05) is 0 Å². The maximum atomic E-state index is 4.64. The summed E-state index contributed by atoms with van der Waals surface area (Å²) in [6.45, 7) is 10.8. The minimum atomic E-state index is 1.12. The number of aromatic nitrogens is 1. The van der Waals surface area contributed by atoms with Crippen LogP contribution in [0, 0.1) is 34.6 Å². The first-order valence-electron chi connectivity index (χ1n) is 5.36. The van der Waals surface area contributed by atoms with E-state index >= 15 is 0 Å². The van der Waals surface area contributed by atoms with Crippen molar-refractivity contribution in [1.82, 2.24) is 4.98 Å². The van der Waals surface area contributed by atoms with Crippen LogP contribution < -0.4 is 0 Å². The van der Waals surface area contributed by atoms with Crippen molar-refractivity contribution in [2.45, 2.75) is 34.6 Å². The monoisotopic (exact) mass is 199 g/mol. The molecule has 0 bridgehead atoms. The summed E-state index contributed by atoms with van der Waals surface area (Å²) >= 11 is 0. The Bertz CT molecular complexity index is 539. The molecular formula is C14H17N. The Morgan fingerprint density at radius 3 is 2.13 bits per heavy atom. The number of rotatable bonds is 0. The van der Waals surface area contributed by atoms with Crippen LogP contribution in [-0.4, -0.2) is 4.98 Å². The molecule has 0 radical (unpaired) electrons. The van der Waals surface area contributed by atoms with Crippen LogP contribution in [-0.2, 0) is 0 Å². The van der Waals surface area contributed by atoms with E-state index < -0.39 is 0 Å². The highest BCUT2D eigenvalue weighted by atomic mass is 14.7. The van der Waals surface area contributed by atoms with E-state index in [-0.39, 0.29) is 0 Å². The van der Waals surface area contributed by atoms with Crippen molar-refractivity contribution in [1.29, 1.82) is 0 Å². The molecule has 0 atom stereocenters. The summed E-state index contributed by atoms with van der Waals surface area (Å²) in [6.07, 6.45) is 0. The van der Waals surface area contributed by atoms with Crippen LogP contribution in [0.3, 0.4) is 0 Å². The summed E-state index contributed by atoms with van der Waals surface area (Å²) in [5.74, 6) is 0. The Labute approximate surface area is 91.2 Å². The second kappa shape index (κ2) is 3.34. The predicted octanol–water partition coefficient (Wildman–Crippen LogP) is 3.78. The molecule has 2 rings (SSSR count). The molecule has 1 aromatic heterocycles. The molecule has 1 heterocycles. The number of benzene rings is 1. The van der Waals surface area contributed by atoms with Crippen molar-refractivity contribution in [2.24, 2.45) is 0 Å². The number of pyridine rings is 1. The molecule has 0 unspecified atom stereocenters. The Morgan fingerprint density at radius 2 is 1.47 bits per heavy atom. The van der Waals surface area contributed by atoms with E-state index in [0.29, 0.717) is 0 Å². The third kappa shape index (κ3) is 1.43. The largest absolute Gasteiger partial charge is 0.253 e. The fraction of sp³-hybridized carbons (Fsp3) is 0.357. The molecule has 0 saturated heterocycles. The van der Waals surface area contributed by atoms with Crippen molar-refractivity contribution in [3.8, 4) is 0 Å². The van der Waals surface area contributed by atoms with Gasteiger partial charge >= 0.3 is 0 Å². The van der Waals surface area contributed by atoms with Crippen LogP contribution >= 0.6 is 0 Å². The van der Waals surface area contributed by atoms with Crippen molar-refractivity contribution >= 4 is 10.9 Å². The highest BCUT2D eigenvalue weighted by Gasteiger charge is 2.08. The molecule has 0 aliphatic rings. The van der Waals surface area contributed by atoms with E-state index in [2.05, 4.69) is 51.7 Å². The molecule has 1 nitrogen and oxygen atoms in total. The quantitative estimate of drug-likeness (QED) is 0.629. The zero-order chi connectivity index (χ0) is 11.2. The Kier molecular flexibility index (Phi) is 2.26. The molecule has 78 valence electrons. The van der Waals surface area contributed by atoms with E-state index in [4.69, 9.17) is 0 Å². The maximum Gasteiger partial charge on any atom is 0.0710 e. The standard InChI is InChI=1S/C14H17N/c1-8-6-7-13-14(9(8)2)11(4)10(3)12(5)15-13/h6-7H,1-5H3. The molecule has 1 heteroatoms. The lowest BCUT2D eigenvalue weighted by Gasteiger charge is -2.12. The van der Waals surface area contributed by atoms with Crippen molar-refractivity contribution < 1.29 is 0 Å². The first kappa shape index (κ1) is 10.2. The summed E-state index contributed by atoms with van der Waals surface area (Å²) < 4.78 is 0. The van der Waals surface area contributed by atoms with Gasteiger partial charge in [0.2, 0.25) is 0 Å². The average Bonchev–Trinajstić information content (AvgIpc) is 2.20. The van der Waals surface area contributed by atoms with E-state index in [1.54, 1.807) is 0 Å². The molecule has 0 fully saturated rings. The van der Waals surface area contributed by atoms with Crippen LogP contribution in [0.15, 0.2) is 12.1 Å². The third-order valence-corrected chi connectivity index (χ3v) is 3.48. The zero-order valence-corrected chi connectivity index (χ0v) is 10.1. The van der Waals surface area contributed by atoms with E-state index in [1.165, 1.54) is 27.6 Å². The fourth-order valence-corrected chi connectivity index (χ4v) is 2.09. The average molecular weight is 199 g/mol. The summed E-state index contributed by atoms with van der Waals surface area (Å²) in [5.41, 5.74) is 7.66. The summed E-state index contributed by atoms with van der Waals surface area (Å²) in [4.78, 5) is 4.64. The predicted molar refractivity (Wildman–Crippen MR) is 65.4 cm³/mol. The molecule has 0 saturated carbocycles. The summed E-state index contributed by atoms with van der Waals surface area (Å²) in [7, 11) is 0. The van der Waals surface area contributed by atoms with Gasteiger partial charge in [-0.2, -0.15) is 0 Å². The molecule has 0 N–H and O–H groups in total. The number of nitrogens with zero attached hydrogens (tertiary/aromatic N) is 1.